The third kappa shape index (κ3) is 3.25. The Morgan fingerprint density at radius 1 is 1.36 bits per heavy atom. The van der Waals surface area contributed by atoms with Crippen LogP contribution in [0, 0.1) is 6.92 Å². The van der Waals surface area contributed by atoms with E-state index in [0.717, 1.165) is 0 Å². The van der Waals surface area contributed by atoms with Gasteiger partial charge in [-0.05, 0) is 25.1 Å². The molecular formula is C16H19ClN2O3. The Bertz CT molecular complexity index is 702. The molecule has 5 nitrogen and oxygen atoms in total. The van der Waals surface area contributed by atoms with Gasteiger partial charge >= 0.3 is 0 Å². The number of benzene rings is 1. The molecule has 6 heteroatoms. The number of hydrogen-bond acceptors (Lipinski definition) is 4. The van der Waals surface area contributed by atoms with E-state index in [2.05, 4.69) is 10.5 Å². The minimum absolute atomic E-state index is 0.302. The molecule has 1 aromatic carbocycles. The zero-order chi connectivity index (χ0) is 16.5. The van der Waals surface area contributed by atoms with Crippen molar-refractivity contribution in [3.05, 3.63) is 40.2 Å². The number of carbonyl (C=O) groups is 1. The zero-order valence-electron chi connectivity index (χ0n) is 13.3. The van der Waals surface area contributed by atoms with Crippen LogP contribution in [0.25, 0.3) is 0 Å². The van der Waals surface area contributed by atoms with Gasteiger partial charge in [-0.1, -0.05) is 37.5 Å². The van der Waals surface area contributed by atoms with E-state index in [0.29, 0.717) is 33.5 Å². The second-order valence-corrected chi connectivity index (χ2v) is 6.45. The number of hydrogen-bond donors (Lipinski definition) is 1. The monoisotopic (exact) mass is 322 g/mol. The number of aromatic nitrogens is 1. The molecule has 0 radical (unpaired) electrons. The molecule has 1 N–H and O–H groups in total. The maximum atomic E-state index is 12.6. The number of ether oxygens (including phenoxy) is 1. The van der Waals surface area contributed by atoms with Gasteiger partial charge in [0.1, 0.15) is 22.8 Å². The summed E-state index contributed by atoms with van der Waals surface area (Å²) in [5.41, 5.74) is 1.25. The Kier molecular flexibility index (Phi) is 4.47. The van der Waals surface area contributed by atoms with Crippen LogP contribution in [-0.4, -0.2) is 18.2 Å². The van der Waals surface area contributed by atoms with Crippen molar-refractivity contribution in [1.29, 1.82) is 0 Å². The molecule has 2 rings (SSSR count). The number of carbonyl (C=O) groups excluding carboxylic acids is 1. The molecule has 1 aromatic heterocycles. The van der Waals surface area contributed by atoms with Crippen molar-refractivity contribution < 1.29 is 14.1 Å². The van der Waals surface area contributed by atoms with Crippen LogP contribution >= 0.6 is 11.6 Å². The van der Waals surface area contributed by atoms with Crippen LogP contribution in [0.2, 0.25) is 5.02 Å². The van der Waals surface area contributed by atoms with Crippen LogP contribution < -0.4 is 10.1 Å². The average molecular weight is 323 g/mol. The van der Waals surface area contributed by atoms with Gasteiger partial charge < -0.3 is 14.6 Å². The van der Waals surface area contributed by atoms with E-state index in [9.17, 15) is 4.79 Å². The van der Waals surface area contributed by atoms with Gasteiger partial charge in [-0.15, -0.1) is 0 Å². The second-order valence-electron chi connectivity index (χ2n) is 6.01. The number of aryl methyl sites for hydroxylation is 1. The van der Waals surface area contributed by atoms with Gasteiger partial charge in [-0.25, -0.2) is 0 Å². The normalized spacial score (nSPS) is 11.4. The third-order valence-electron chi connectivity index (χ3n) is 3.21. The molecule has 0 aliphatic carbocycles. The van der Waals surface area contributed by atoms with Crippen LogP contribution in [-0.2, 0) is 5.41 Å². The number of amides is 1. The summed E-state index contributed by atoms with van der Waals surface area (Å²) < 4.78 is 10.4. The van der Waals surface area contributed by atoms with Crippen molar-refractivity contribution in [2.75, 3.05) is 12.4 Å². The SMILES string of the molecule is COc1ccc(Cl)cc1NC(=O)c1c(C(C)(C)C)noc1C. The van der Waals surface area contributed by atoms with Crippen molar-refractivity contribution in [1.82, 2.24) is 5.16 Å². The summed E-state index contributed by atoms with van der Waals surface area (Å²) in [6.45, 7) is 7.63. The average Bonchev–Trinajstić information content (AvgIpc) is 2.81. The van der Waals surface area contributed by atoms with E-state index in [4.69, 9.17) is 20.9 Å². The fraction of sp³-hybridized carbons (Fsp3) is 0.375. The quantitative estimate of drug-likeness (QED) is 0.920. The molecule has 0 atom stereocenters. The highest BCUT2D eigenvalue weighted by molar-refractivity contribution is 6.31. The summed E-state index contributed by atoms with van der Waals surface area (Å²) in [6.07, 6.45) is 0. The topological polar surface area (TPSA) is 64.4 Å². The molecule has 0 unspecified atom stereocenters. The standard InChI is InChI=1S/C16H19ClN2O3/c1-9-13(14(19-22-9)16(2,3)4)15(20)18-11-8-10(17)6-7-12(11)21-5/h6-8H,1-5H3,(H,18,20). The molecule has 0 saturated carbocycles. The molecule has 0 saturated heterocycles. The van der Waals surface area contributed by atoms with Gasteiger partial charge in [0.05, 0.1) is 12.8 Å². The van der Waals surface area contributed by atoms with E-state index >= 15 is 0 Å². The van der Waals surface area contributed by atoms with E-state index < -0.39 is 0 Å². The lowest BCUT2D eigenvalue weighted by Gasteiger charge is -2.17. The summed E-state index contributed by atoms with van der Waals surface area (Å²) in [5.74, 6) is 0.705. The molecule has 0 aliphatic rings. The number of halogens is 1. The van der Waals surface area contributed by atoms with Crippen LogP contribution in [0.3, 0.4) is 0 Å². The lowest BCUT2D eigenvalue weighted by atomic mass is 9.88. The lowest BCUT2D eigenvalue weighted by Crippen LogP contribution is -2.21. The number of rotatable bonds is 3. The Labute approximate surface area is 134 Å². The zero-order valence-corrected chi connectivity index (χ0v) is 14.0. The van der Waals surface area contributed by atoms with Crippen LogP contribution in [0.1, 0.15) is 42.6 Å². The van der Waals surface area contributed by atoms with Crippen molar-refractivity contribution >= 4 is 23.2 Å². The first kappa shape index (κ1) is 16.4. The first-order valence-electron chi connectivity index (χ1n) is 6.85. The maximum Gasteiger partial charge on any atom is 0.261 e. The predicted octanol–water partition coefficient (Wildman–Crippen LogP) is 4.19. The van der Waals surface area contributed by atoms with Crippen molar-refractivity contribution in [2.24, 2.45) is 0 Å². The molecule has 1 amide bonds. The summed E-state index contributed by atoms with van der Waals surface area (Å²) in [4.78, 5) is 12.6. The van der Waals surface area contributed by atoms with E-state index in [1.54, 1.807) is 25.1 Å². The van der Waals surface area contributed by atoms with Crippen molar-refractivity contribution in [3.63, 3.8) is 0 Å². The lowest BCUT2D eigenvalue weighted by molar-refractivity contribution is 0.102. The fourth-order valence-corrected chi connectivity index (χ4v) is 2.29. The molecule has 2 aromatic rings. The Morgan fingerprint density at radius 3 is 2.64 bits per heavy atom. The minimum atomic E-state index is -0.303. The molecule has 22 heavy (non-hydrogen) atoms. The molecule has 0 spiro atoms. The Morgan fingerprint density at radius 2 is 2.05 bits per heavy atom. The largest absolute Gasteiger partial charge is 0.495 e. The number of anilines is 1. The van der Waals surface area contributed by atoms with Crippen molar-refractivity contribution in [2.45, 2.75) is 33.1 Å². The highest BCUT2D eigenvalue weighted by atomic mass is 35.5. The van der Waals surface area contributed by atoms with Gasteiger partial charge in [0.15, 0.2) is 0 Å². The van der Waals surface area contributed by atoms with Gasteiger partial charge in [0.2, 0.25) is 0 Å². The van der Waals surface area contributed by atoms with Crippen LogP contribution in [0.4, 0.5) is 5.69 Å². The molecule has 0 bridgehead atoms. The molecular weight excluding hydrogens is 304 g/mol. The molecule has 1 heterocycles. The summed E-state index contributed by atoms with van der Waals surface area (Å²) in [7, 11) is 1.53. The summed E-state index contributed by atoms with van der Waals surface area (Å²) in [5, 5.41) is 7.33. The first-order chi connectivity index (χ1) is 10.2. The number of methoxy groups -OCH3 is 1. The predicted molar refractivity (Wildman–Crippen MR) is 85.9 cm³/mol. The van der Waals surface area contributed by atoms with Gasteiger partial charge in [0.25, 0.3) is 5.91 Å². The first-order valence-corrected chi connectivity index (χ1v) is 7.23. The molecule has 0 fully saturated rings. The van der Waals surface area contributed by atoms with E-state index in [1.807, 2.05) is 20.8 Å². The number of nitrogens with zero attached hydrogens (tertiary/aromatic N) is 1. The Hall–Kier alpha value is -2.01. The van der Waals surface area contributed by atoms with Crippen LogP contribution in [0.15, 0.2) is 22.7 Å². The third-order valence-corrected chi connectivity index (χ3v) is 3.45. The maximum absolute atomic E-state index is 12.6. The van der Waals surface area contributed by atoms with Crippen molar-refractivity contribution in [3.8, 4) is 5.75 Å². The van der Waals surface area contributed by atoms with E-state index in [-0.39, 0.29) is 11.3 Å². The highest BCUT2D eigenvalue weighted by Gasteiger charge is 2.29. The van der Waals surface area contributed by atoms with Crippen LogP contribution in [0.5, 0.6) is 5.75 Å². The van der Waals surface area contributed by atoms with Gasteiger partial charge in [0, 0.05) is 10.4 Å². The Balaban J connectivity index is 2.39. The highest BCUT2D eigenvalue weighted by Crippen LogP contribution is 2.31. The van der Waals surface area contributed by atoms with Gasteiger partial charge in [-0.2, -0.15) is 0 Å². The smallest absolute Gasteiger partial charge is 0.261 e. The fourth-order valence-electron chi connectivity index (χ4n) is 2.11. The molecule has 0 aliphatic heterocycles. The number of nitrogens with one attached hydrogen (secondary N) is 1. The molecule has 118 valence electrons. The van der Waals surface area contributed by atoms with Gasteiger partial charge in [-0.3, -0.25) is 4.79 Å². The summed E-state index contributed by atoms with van der Waals surface area (Å²) >= 11 is 5.98. The minimum Gasteiger partial charge on any atom is -0.495 e. The van der Waals surface area contributed by atoms with E-state index in [1.165, 1.54) is 7.11 Å². The summed E-state index contributed by atoms with van der Waals surface area (Å²) in [6, 6.07) is 5.03. The second kappa shape index (κ2) is 6.01.